The zero-order valence-electron chi connectivity index (χ0n) is 73.5. The van der Waals surface area contributed by atoms with Gasteiger partial charge < -0.3 is 21.9 Å². The number of carbonyl (C=O) groups is 2. The number of nitrogen functional groups attached to an aromatic ring is 2. The van der Waals surface area contributed by atoms with Gasteiger partial charge >= 0.3 is 35.9 Å². The minimum absolute atomic E-state index is 0. The molecule has 2 atom stereocenters. The molecule has 15 aromatic carbocycles. The number of carbonyl (C=O) groups excluding carboxylic acids is 1. The Bertz CT molecular complexity index is 5230. The van der Waals surface area contributed by atoms with Crippen LogP contribution in [0.5, 0.6) is 0 Å². The van der Waals surface area contributed by atoms with E-state index in [4.69, 9.17) is 28.2 Å². The number of hydrogen-bond acceptors (Lipinski definition) is 10. The summed E-state index contributed by atoms with van der Waals surface area (Å²) in [7, 11) is -1.78. The number of amides is 1. The van der Waals surface area contributed by atoms with E-state index in [9.17, 15) is 9.59 Å². The number of rotatable bonds is 19. The molecule has 22 heteroatoms. The van der Waals surface area contributed by atoms with E-state index in [1.807, 2.05) is 91.0 Å². The maximum absolute atomic E-state index is 11.5. The van der Waals surface area contributed by atoms with Crippen molar-refractivity contribution in [2.24, 2.45) is 0 Å². The summed E-state index contributed by atoms with van der Waals surface area (Å²) in [5.41, 5.74) is 15.9. The average Bonchev–Trinajstić information content (AvgIpc) is 0.830. The normalized spacial score (nSPS) is 10.5. The van der Waals surface area contributed by atoms with Crippen LogP contribution in [-0.2, 0) is 59.2 Å². The standard InChI is InChI=1S/4C18H15P.C14H14BrN3O.C11H11N3.C7H7.C4H4ClN3.C3H5BrO2.BrH.Pd.Zn/c4*1-4-10-16(11-5-1)19(17-12-6-2-7-13-17)18-14-8-3-9-15-18;1-10(15)14(19)16-13-8-7-12(17-18-13)9-11-5-3-2-4-6-11;12-11-7-6-10(13-14-11)8-9-4-2-1-3-5-9;1-7-5-3-2-4-6-7;5-3-1-2-4(6)8-7-3;1-2(4)3(5)6;;;/h4*1-15H;2-8,10H,9H2,1H3,(H,16,18,19);1-7H,8H2,(H2,12,14);2-6H,1H2;1-2H,(H2,6,8);2H,1H3,(H,5,6);1H;;/q;;;;;;-1;;;;;+2/p-1. The van der Waals surface area contributed by atoms with E-state index in [1.165, 1.54) is 91.1 Å². The largest absolute Gasteiger partial charge is 0.0622 e. The Morgan fingerprint density at radius 3 is 0.662 bits per heavy atom. The summed E-state index contributed by atoms with van der Waals surface area (Å²) in [6, 6.07) is 170. The fourth-order valence-corrected chi connectivity index (χ4v) is 21.8. The third-order valence-electron chi connectivity index (χ3n) is 18.5. The van der Waals surface area contributed by atoms with Crippen molar-refractivity contribution in [2.75, 3.05) is 16.8 Å². The van der Waals surface area contributed by atoms with Gasteiger partial charge in [-0.1, -0.05) is 474 Å². The molecular formula is C111H101Br3ClN9O3P4PdZn. The van der Waals surface area contributed by atoms with E-state index < -0.39 is 42.5 Å². The van der Waals surface area contributed by atoms with Gasteiger partial charge in [-0.05, 0) is 157 Å². The number of carboxylic acids is 1. The molecule has 668 valence electrons. The molecule has 3 heterocycles. The summed E-state index contributed by atoms with van der Waals surface area (Å²) >= 11 is 15.7. The number of carboxylic acid groups (broad SMARTS) is 1. The van der Waals surface area contributed by atoms with Crippen molar-refractivity contribution in [3.8, 4) is 0 Å². The number of nitrogens with two attached hydrogens (primary N) is 2. The SMILES string of the molecule is CC(Br)C(=O)Nc1ccc(Cc2ccccc2)nn1.CC(Br)C(=O)O.Nc1ccc(Cc2ccccc2)nn1.Nc1ccc(Cl)nn1.[CH2-]c1ccccc1.[Pd].[Zn+][Br].c1ccc(P(c2ccccc2)c2ccccc2)cc1.c1ccc(P(c2ccccc2)c2ccccc2)cc1.c1ccc(P(c2ccccc2)c2ccccc2)cc1.c1ccc(P(c2ccccc2)c2ccccc2)cc1. The number of anilines is 3. The molecule has 0 fully saturated rings. The van der Waals surface area contributed by atoms with Gasteiger partial charge in [-0.3, -0.25) is 9.59 Å². The van der Waals surface area contributed by atoms with Crippen molar-refractivity contribution in [3.63, 3.8) is 0 Å². The molecule has 18 aromatic rings. The van der Waals surface area contributed by atoms with E-state index in [-0.39, 0.29) is 31.2 Å². The molecule has 0 bridgehead atoms. The fraction of sp³-hybridized carbons (Fsp3) is 0.0541. The first-order valence-corrected chi connectivity index (χ1v) is 56.6. The summed E-state index contributed by atoms with van der Waals surface area (Å²) in [4.78, 5) is 20.4. The molecule has 6 N–H and O–H groups in total. The molecule has 2 unspecified atom stereocenters. The molecule has 0 aliphatic heterocycles. The predicted octanol–water partition coefficient (Wildman–Crippen LogP) is 22.5. The third kappa shape index (κ3) is 39.8. The Kier molecular flexibility index (Phi) is 50.7. The molecule has 0 spiro atoms. The summed E-state index contributed by atoms with van der Waals surface area (Å²) in [6.07, 6.45) is 1.53. The number of aromatic nitrogens is 6. The van der Waals surface area contributed by atoms with Crippen molar-refractivity contribution in [3.05, 3.63) is 532 Å². The van der Waals surface area contributed by atoms with E-state index in [2.05, 4.69) is 464 Å². The monoisotopic (exact) mass is 2170 g/mol. The van der Waals surface area contributed by atoms with Crippen molar-refractivity contribution in [1.29, 1.82) is 0 Å². The van der Waals surface area contributed by atoms with Gasteiger partial charge in [0.1, 0.15) is 16.5 Å². The zero-order valence-corrected chi connectivity index (χ0v) is 87.1. The Morgan fingerprint density at radius 2 is 0.504 bits per heavy atom. The molecule has 0 aliphatic rings. The summed E-state index contributed by atoms with van der Waals surface area (Å²) < 4.78 is 0. The molecule has 12 nitrogen and oxygen atoms in total. The smallest absolute Gasteiger partial charge is 0.0134 e. The zero-order chi connectivity index (χ0) is 93.4. The number of benzene rings is 15. The molecule has 0 saturated heterocycles. The average molecular weight is 2180 g/mol. The topological polar surface area (TPSA) is 196 Å². The molecule has 3 aromatic heterocycles. The van der Waals surface area contributed by atoms with Crippen LogP contribution in [0.1, 0.15) is 41.9 Å². The molecule has 1 amide bonds. The summed E-state index contributed by atoms with van der Waals surface area (Å²) in [6.45, 7) is 7.03. The maximum atomic E-state index is 11.5. The second-order valence-corrected chi connectivity index (χ2v) is 40.4. The van der Waals surface area contributed by atoms with E-state index in [0.29, 0.717) is 22.6 Å². The summed E-state index contributed by atoms with van der Waals surface area (Å²) in [5, 5.41) is 50.6. The van der Waals surface area contributed by atoms with Crippen LogP contribution in [-0.4, -0.2) is 57.2 Å². The van der Waals surface area contributed by atoms with Crippen LogP contribution in [0.4, 0.5) is 17.5 Å². The van der Waals surface area contributed by atoms with Gasteiger partial charge in [-0.15, -0.1) is 32.5 Å². The Hall–Kier alpha value is -11.3. The quantitative estimate of drug-likeness (QED) is 0.0260. The van der Waals surface area contributed by atoms with Gasteiger partial charge in [-0.2, -0.15) is 34.8 Å². The number of aliphatic carboxylic acids is 1. The van der Waals surface area contributed by atoms with Gasteiger partial charge in [0.2, 0.25) is 5.91 Å². The van der Waals surface area contributed by atoms with Crippen LogP contribution >= 0.6 is 88.8 Å². The number of alkyl halides is 2. The maximum Gasteiger partial charge on any atom is -0.0134 e. The number of hydrogen-bond donors (Lipinski definition) is 4. The van der Waals surface area contributed by atoms with Gasteiger partial charge in [0.15, 0.2) is 11.0 Å². The minimum atomic E-state index is -0.824. The fourth-order valence-electron chi connectivity index (χ4n) is 12.3. The first kappa shape index (κ1) is 107. The third-order valence-corrected chi connectivity index (χ3v) is 29.3. The Labute approximate surface area is 840 Å². The molecular weight excluding hydrogens is 2080 g/mol. The second kappa shape index (κ2) is 63.0. The first-order valence-electron chi connectivity index (χ1n) is 42.1. The van der Waals surface area contributed by atoms with E-state index >= 15 is 0 Å². The van der Waals surface area contributed by atoms with Gasteiger partial charge in [0.25, 0.3) is 0 Å². The van der Waals surface area contributed by atoms with Crippen LogP contribution in [0.3, 0.4) is 0 Å². The molecule has 0 radical (unpaired) electrons. The molecule has 0 saturated carbocycles. The van der Waals surface area contributed by atoms with Crippen molar-refractivity contribution in [2.45, 2.75) is 36.3 Å². The van der Waals surface area contributed by atoms with Crippen LogP contribution in [0.15, 0.2) is 491 Å². The predicted molar refractivity (Wildman–Crippen MR) is 572 cm³/mol. The molecule has 18 rings (SSSR count). The van der Waals surface area contributed by atoms with Crippen molar-refractivity contribution in [1.82, 2.24) is 30.6 Å². The van der Waals surface area contributed by atoms with E-state index in [0.717, 1.165) is 29.8 Å². The van der Waals surface area contributed by atoms with Crippen molar-refractivity contribution >= 4 is 182 Å². The molecule has 0 aliphatic carbocycles. The number of nitrogens with zero attached hydrogens (tertiary/aromatic N) is 6. The Balaban J connectivity index is 0.000000187. The van der Waals surface area contributed by atoms with Crippen LogP contribution in [0.25, 0.3) is 0 Å². The van der Waals surface area contributed by atoms with Crippen LogP contribution in [0.2, 0.25) is 5.15 Å². The first-order chi connectivity index (χ1) is 64.6. The number of nitrogens with one attached hydrogen (secondary N) is 1. The minimum Gasteiger partial charge on any atom is -0.0622 e. The van der Waals surface area contributed by atoms with Gasteiger partial charge in [-0.25, -0.2) is 0 Å². The van der Waals surface area contributed by atoms with Crippen molar-refractivity contribution < 1.29 is 51.5 Å². The number of halogens is 4. The Morgan fingerprint density at radius 1 is 0.308 bits per heavy atom. The second-order valence-electron chi connectivity index (χ2n) is 28.4. The molecule has 133 heavy (non-hydrogen) atoms. The summed E-state index contributed by atoms with van der Waals surface area (Å²) in [5.74, 6) is 0.351. The van der Waals surface area contributed by atoms with E-state index in [1.54, 1.807) is 38.1 Å². The van der Waals surface area contributed by atoms with Crippen LogP contribution < -0.4 is 80.4 Å². The van der Waals surface area contributed by atoms with Crippen LogP contribution in [0, 0.1) is 6.92 Å². The van der Waals surface area contributed by atoms with Gasteiger partial charge in [0.05, 0.1) is 16.2 Å². The van der Waals surface area contributed by atoms with Gasteiger partial charge in [0, 0.05) is 33.3 Å².